The zero-order valence-corrected chi connectivity index (χ0v) is 19.8. The second-order valence-electron chi connectivity index (χ2n) is 6.30. The number of halogens is 2. The molecule has 0 aliphatic carbocycles. The zero-order valence-electron chi connectivity index (χ0n) is 17.4. The van der Waals surface area contributed by atoms with Crippen LogP contribution in [0.25, 0.3) is 0 Å². The van der Waals surface area contributed by atoms with Gasteiger partial charge in [-0.15, -0.1) is 0 Å². The highest BCUT2D eigenvalue weighted by molar-refractivity contribution is 7.80. The van der Waals surface area contributed by atoms with E-state index in [1.807, 2.05) is 6.92 Å². The minimum atomic E-state index is -0.894. The van der Waals surface area contributed by atoms with Crippen molar-refractivity contribution < 1.29 is 23.8 Å². The number of hydrogen-bond donors (Lipinski definition) is 3. The average molecular weight is 500 g/mol. The van der Waals surface area contributed by atoms with E-state index in [4.69, 9.17) is 49.6 Å². The molecule has 11 heteroatoms. The highest BCUT2D eigenvalue weighted by Gasteiger charge is 2.17. The maximum atomic E-state index is 12.3. The van der Waals surface area contributed by atoms with Crippen molar-refractivity contribution in [2.24, 2.45) is 0 Å². The van der Waals surface area contributed by atoms with Crippen LogP contribution >= 0.6 is 35.4 Å². The van der Waals surface area contributed by atoms with Gasteiger partial charge in [-0.25, -0.2) is 0 Å². The standard InChI is InChI=1S/C21H23Cl2N3O5S/c1-3-29-10-11-30-16-7-4-14(5-8-16)20(28)24-21(32)26-25-19(27)13(2)31-18-9-6-15(22)12-17(18)23/h4-9,12-13H,3,10-11H2,1-2H3,(H,25,27)(H2,24,26,28,32). The molecule has 2 amide bonds. The first-order valence-corrected chi connectivity index (χ1v) is 10.8. The lowest BCUT2D eigenvalue weighted by Gasteiger charge is -2.17. The number of carbonyl (C=O) groups is 2. The number of hydrogen-bond acceptors (Lipinski definition) is 6. The molecule has 0 aromatic heterocycles. The Morgan fingerprint density at radius 1 is 1.06 bits per heavy atom. The maximum Gasteiger partial charge on any atom is 0.279 e. The molecule has 0 bridgehead atoms. The molecule has 0 heterocycles. The Morgan fingerprint density at radius 2 is 1.78 bits per heavy atom. The third-order valence-corrected chi connectivity index (χ3v) is 4.64. The van der Waals surface area contributed by atoms with Gasteiger partial charge in [0.1, 0.15) is 18.1 Å². The molecule has 2 aromatic rings. The van der Waals surface area contributed by atoms with Crippen molar-refractivity contribution in [2.45, 2.75) is 20.0 Å². The summed E-state index contributed by atoms with van der Waals surface area (Å²) in [5.74, 6) is -0.0556. The predicted molar refractivity (Wildman–Crippen MR) is 126 cm³/mol. The first kappa shape index (κ1) is 25.7. The molecular weight excluding hydrogens is 477 g/mol. The molecule has 0 aliphatic rings. The summed E-state index contributed by atoms with van der Waals surface area (Å²) in [6.45, 7) is 4.96. The summed E-state index contributed by atoms with van der Waals surface area (Å²) < 4.78 is 16.2. The summed E-state index contributed by atoms with van der Waals surface area (Å²) in [6, 6.07) is 11.2. The summed E-state index contributed by atoms with van der Waals surface area (Å²) in [5.41, 5.74) is 5.18. The normalized spacial score (nSPS) is 11.2. The maximum absolute atomic E-state index is 12.3. The van der Waals surface area contributed by atoms with Crippen LogP contribution in [0.15, 0.2) is 42.5 Å². The number of benzene rings is 2. The minimum absolute atomic E-state index is 0.0860. The quantitative estimate of drug-likeness (QED) is 0.276. The second kappa shape index (κ2) is 13.1. The fraction of sp³-hybridized carbons (Fsp3) is 0.286. The number of rotatable bonds is 9. The van der Waals surface area contributed by atoms with Crippen molar-refractivity contribution in [1.29, 1.82) is 0 Å². The van der Waals surface area contributed by atoms with Crippen molar-refractivity contribution in [3.63, 3.8) is 0 Å². The molecular formula is C21H23Cl2N3O5S. The lowest BCUT2D eigenvalue weighted by atomic mass is 10.2. The SMILES string of the molecule is CCOCCOc1ccc(C(=O)NC(=S)NNC(=O)C(C)Oc2ccc(Cl)cc2Cl)cc1. The van der Waals surface area contributed by atoms with Crippen molar-refractivity contribution in [1.82, 2.24) is 16.2 Å². The fourth-order valence-electron chi connectivity index (χ4n) is 2.31. The Morgan fingerprint density at radius 3 is 2.44 bits per heavy atom. The summed E-state index contributed by atoms with van der Waals surface area (Å²) in [6.07, 6.45) is -0.894. The van der Waals surface area contributed by atoms with Crippen molar-refractivity contribution in [3.05, 3.63) is 58.1 Å². The number of nitrogens with one attached hydrogen (secondary N) is 3. The van der Waals surface area contributed by atoms with Gasteiger partial charge in [-0.05, 0) is 68.5 Å². The third-order valence-electron chi connectivity index (χ3n) is 3.91. The van der Waals surface area contributed by atoms with E-state index in [1.165, 1.54) is 13.0 Å². The van der Waals surface area contributed by atoms with Gasteiger partial charge < -0.3 is 14.2 Å². The van der Waals surface area contributed by atoms with Gasteiger partial charge in [0.15, 0.2) is 11.2 Å². The van der Waals surface area contributed by atoms with Crippen molar-refractivity contribution in [2.75, 3.05) is 19.8 Å². The lowest BCUT2D eigenvalue weighted by Crippen LogP contribution is -2.51. The van der Waals surface area contributed by atoms with E-state index >= 15 is 0 Å². The van der Waals surface area contributed by atoms with Gasteiger partial charge >= 0.3 is 0 Å². The molecule has 0 radical (unpaired) electrons. The highest BCUT2D eigenvalue weighted by atomic mass is 35.5. The van der Waals surface area contributed by atoms with Crippen LogP contribution in [-0.4, -0.2) is 42.9 Å². The predicted octanol–water partition coefficient (Wildman–Crippen LogP) is 3.51. The van der Waals surface area contributed by atoms with Gasteiger partial charge in [0.2, 0.25) is 0 Å². The molecule has 0 saturated carbocycles. The van der Waals surface area contributed by atoms with Gasteiger partial charge in [-0.3, -0.25) is 25.8 Å². The van der Waals surface area contributed by atoms with E-state index in [9.17, 15) is 9.59 Å². The fourth-order valence-corrected chi connectivity index (χ4v) is 2.90. The molecule has 172 valence electrons. The van der Waals surface area contributed by atoms with E-state index in [1.54, 1.807) is 36.4 Å². The average Bonchev–Trinajstić information content (AvgIpc) is 2.77. The van der Waals surface area contributed by atoms with Gasteiger partial charge in [0, 0.05) is 17.2 Å². The van der Waals surface area contributed by atoms with Crippen LogP contribution in [0.5, 0.6) is 11.5 Å². The Balaban J connectivity index is 1.76. The van der Waals surface area contributed by atoms with Gasteiger partial charge in [-0.1, -0.05) is 23.2 Å². The molecule has 0 fully saturated rings. The minimum Gasteiger partial charge on any atom is -0.491 e. The number of ether oxygens (including phenoxy) is 3. The Hall–Kier alpha value is -2.59. The van der Waals surface area contributed by atoms with E-state index in [-0.39, 0.29) is 10.1 Å². The molecule has 3 N–H and O–H groups in total. The zero-order chi connectivity index (χ0) is 23.5. The van der Waals surface area contributed by atoms with Crippen LogP contribution in [0, 0.1) is 0 Å². The number of carbonyl (C=O) groups excluding carboxylic acids is 2. The molecule has 0 spiro atoms. The Labute approximate surface area is 201 Å². The van der Waals surface area contributed by atoms with E-state index in [0.29, 0.717) is 41.9 Å². The van der Waals surface area contributed by atoms with Crippen LogP contribution in [0.1, 0.15) is 24.2 Å². The number of thiocarbonyl (C=S) groups is 1. The summed E-state index contributed by atoms with van der Waals surface area (Å²) >= 11 is 16.9. The van der Waals surface area contributed by atoms with Crippen LogP contribution in [0.3, 0.4) is 0 Å². The Bertz CT molecular complexity index is 944. The number of amides is 2. The molecule has 32 heavy (non-hydrogen) atoms. The molecule has 1 atom stereocenters. The first-order valence-electron chi connectivity index (χ1n) is 9.63. The monoisotopic (exact) mass is 499 g/mol. The lowest BCUT2D eigenvalue weighted by molar-refractivity contribution is -0.127. The van der Waals surface area contributed by atoms with Crippen molar-refractivity contribution in [3.8, 4) is 11.5 Å². The second-order valence-corrected chi connectivity index (χ2v) is 7.55. The molecule has 1 unspecified atom stereocenters. The molecule has 2 aromatic carbocycles. The summed E-state index contributed by atoms with van der Waals surface area (Å²) in [7, 11) is 0. The van der Waals surface area contributed by atoms with E-state index in [0.717, 1.165) is 0 Å². The van der Waals surface area contributed by atoms with Crippen LogP contribution in [-0.2, 0) is 9.53 Å². The summed E-state index contributed by atoms with van der Waals surface area (Å²) in [4.78, 5) is 24.5. The molecule has 0 aliphatic heterocycles. The Kier molecular flexibility index (Phi) is 10.5. The smallest absolute Gasteiger partial charge is 0.279 e. The van der Waals surface area contributed by atoms with Crippen LogP contribution < -0.4 is 25.6 Å². The van der Waals surface area contributed by atoms with E-state index < -0.39 is 17.9 Å². The first-order chi connectivity index (χ1) is 15.3. The number of hydrazine groups is 1. The van der Waals surface area contributed by atoms with Crippen molar-refractivity contribution >= 4 is 52.3 Å². The van der Waals surface area contributed by atoms with Gasteiger partial charge in [-0.2, -0.15) is 0 Å². The molecule has 0 saturated heterocycles. The molecule has 2 rings (SSSR count). The summed E-state index contributed by atoms with van der Waals surface area (Å²) in [5, 5.41) is 3.10. The topological polar surface area (TPSA) is 97.9 Å². The largest absolute Gasteiger partial charge is 0.491 e. The highest BCUT2D eigenvalue weighted by Crippen LogP contribution is 2.28. The molecule has 8 nitrogen and oxygen atoms in total. The van der Waals surface area contributed by atoms with Gasteiger partial charge in [0.25, 0.3) is 11.8 Å². The van der Waals surface area contributed by atoms with Gasteiger partial charge in [0.05, 0.1) is 11.6 Å². The van der Waals surface area contributed by atoms with Crippen LogP contribution in [0.4, 0.5) is 0 Å². The van der Waals surface area contributed by atoms with Crippen LogP contribution in [0.2, 0.25) is 10.0 Å². The third kappa shape index (κ3) is 8.51. The van der Waals surface area contributed by atoms with E-state index in [2.05, 4.69) is 16.2 Å².